The fourth-order valence-corrected chi connectivity index (χ4v) is 2.27. The Hall–Kier alpha value is -1.69. The molecule has 2 aromatic heterocycles. The van der Waals surface area contributed by atoms with Crippen molar-refractivity contribution >= 4 is 17.2 Å². The summed E-state index contributed by atoms with van der Waals surface area (Å²) in [6.45, 7) is 4.60. The van der Waals surface area contributed by atoms with Crippen molar-refractivity contribution in [1.29, 1.82) is 0 Å². The zero-order chi connectivity index (χ0) is 12.3. The number of carbonyl (C=O) groups excluding carboxylic acids is 1. The number of nitrogens with one attached hydrogen (secondary N) is 2. The molecule has 2 N–H and O–H groups in total. The van der Waals surface area contributed by atoms with E-state index in [0.717, 1.165) is 10.7 Å². The van der Waals surface area contributed by atoms with Crippen LogP contribution >= 0.6 is 11.3 Å². The van der Waals surface area contributed by atoms with Crippen LogP contribution in [-0.2, 0) is 0 Å². The summed E-state index contributed by atoms with van der Waals surface area (Å²) in [5, 5.41) is 12.3. The summed E-state index contributed by atoms with van der Waals surface area (Å²) in [5.41, 5.74) is 1.57. The van der Waals surface area contributed by atoms with E-state index in [0.29, 0.717) is 12.1 Å². The molecule has 0 saturated heterocycles. The molecule has 2 heterocycles. The molecular weight excluding hydrogens is 236 g/mol. The molecule has 0 aromatic carbocycles. The highest BCUT2D eigenvalue weighted by Crippen LogP contribution is 2.18. The molecule has 2 aromatic rings. The standard InChI is InChI=1S/C11H14N4OS/c1-7(11-15-8(2)6-17-11)3-12-10(16)9-4-13-14-5-9/h4-7H,3H2,1-2H3,(H,12,16)(H,13,14)/t7-/m1/s1. The zero-order valence-corrected chi connectivity index (χ0v) is 10.5. The van der Waals surface area contributed by atoms with Crippen LogP contribution in [0.5, 0.6) is 0 Å². The third kappa shape index (κ3) is 2.91. The lowest BCUT2D eigenvalue weighted by atomic mass is 10.2. The van der Waals surface area contributed by atoms with Gasteiger partial charge in [-0.2, -0.15) is 5.10 Å². The molecule has 6 heteroatoms. The van der Waals surface area contributed by atoms with Gasteiger partial charge in [-0.3, -0.25) is 9.89 Å². The van der Waals surface area contributed by atoms with E-state index in [4.69, 9.17) is 0 Å². The molecule has 0 aliphatic carbocycles. The number of nitrogens with zero attached hydrogens (tertiary/aromatic N) is 2. The molecule has 90 valence electrons. The van der Waals surface area contributed by atoms with Crippen LogP contribution in [-0.4, -0.2) is 27.6 Å². The van der Waals surface area contributed by atoms with E-state index < -0.39 is 0 Å². The predicted octanol–water partition coefficient (Wildman–Crippen LogP) is 1.71. The Morgan fingerprint density at radius 3 is 3.06 bits per heavy atom. The Labute approximate surface area is 103 Å². The number of hydrogen-bond donors (Lipinski definition) is 2. The second-order valence-corrected chi connectivity index (χ2v) is 4.81. The largest absolute Gasteiger partial charge is 0.351 e. The number of aryl methyl sites for hydroxylation is 1. The summed E-state index contributed by atoms with van der Waals surface area (Å²) in [7, 11) is 0. The molecular formula is C11H14N4OS. The molecule has 1 atom stereocenters. The molecule has 0 radical (unpaired) electrons. The average molecular weight is 250 g/mol. The Morgan fingerprint density at radius 1 is 1.65 bits per heavy atom. The van der Waals surface area contributed by atoms with Gasteiger partial charge in [-0.1, -0.05) is 6.92 Å². The molecule has 2 rings (SSSR count). The van der Waals surface area contributed by atoms with Crippen LogP contribution < -0.4 is 5.32 Å². The van der Waals surface area contributed by atoms with Gasteiger partial charge in [0, 0.05) is 29.7 Å². The lowest BCUT2D eigenvalue weighted by Gasteiger charge is -2.09. The summed E-state index contributed by atoms with van der Waals surface area (Å²) in [6.07, 6.45) is 3.08. The Kier molecular flexibility index (Phi) is 3.53. The van der Waals surface area contributed by atoms with Gasteiger partial charge in [0.05, 0.1) is 16.8 Å². The van der Waals surface area contributed by atoms with Crippen LogP contribution in [0.25, 0.3) is 0 Å². The van der Waals surface area contributed by atoms with Crippen LogP contribution in [0.15, 0.2) is 17.8 Å². The molecule has 1 amide bonds. The number of H-pyrrole nitrogens is 1. The van der Waals surface area contributed by atoms with Crippen molar-refractivity contribution in [2.24, 2.45) is 0 Å². The van der Waals surface area contributed by atoms with E-state index in [1.807, 2.05) is 19.2 Å². The van der Waals surface area contributed by atoms with Gasteiger partial charge in [0.25, 0.3) is 5.91 Å². The number of aromatic nitrogens is 3. The first-order chi connectivity index (χ1) is 8.16. The molecule has 5 nitrogen and oxygen atoms in total. The van der Waals surface area contributed by atoms with Gasteiger partial charge in [-0.15, -0.1) is 11.3 Å². The van der Waals surface area contributed by atoms with Crippen molar-refractivity contribution in [1.82, 2.24) is 20.5 Å². The lowest BCUT2D eigenvalue weighted by molar-refractivity contribution is 0.0951. The fraction of sp³-hybridized carbons (Fsp3) is 0.364. The molecule has 0 aliphatic rings. The number of carbonyl (C=O) groups is 1. The minimum Gasteiger partial charge on any atom is -0.351 e. The van der Waals surface area contributed by atoms with Crippen molar-refractivity contribution in [3.8, 4) is 0 Å². The highest BCUT2D eigenvalue weighted by Gasteiger charge is 2.12. The Balaban J connectivity index is 1.88. The van der Waals surface area contributed by atoms with E-state index in [9.17, 15) is 4.79 Å². The predicted molar refractivity (Wildman–Crippen MR) is 66.2 cm³/mol. The second kappa shape index (κ2) is 5.09. The van der Waals surface area contributed by atoms with Gasteiger partial charge in [0.2, 0.25) is 0 Å². The van der Waals surface area contributed by atoms with E-state index in [2.05, 4.69) is 20.5 Å². The molecule has 0 aliphatic heterocycles. The zero-order valence-electron chi connectivity index (χ0n) is 9.73. The number of hydrogen-bond acceptors (Lipinski definition) is 4. The third-order valence-corrected chi connectivity index (χ3v) is 3.58. The Morgan fingerprint density at radius 2 is 2.47 bits per heavy atom. The van der Waals surface area contributed by atoms with Gasteiger partial charge < -0.3 is 5.32 Å². The maximum atomic E-state index is 11.7. The summed E-state index contributed by atoms with van der Waals surface area (Å²) in [5.74, 6) is 0.114. The van der Waals surface area contributed by atoms with Crippen LogP contribution in [0.2, 0.25) is 0 Å². The van der Waals surface area contributed by atoms with Crippen molar-refractivity contribution in [3.05, 3.63) is 34.0 Å². The number of thiazole rings is 1. The smallest absolute Gasteiger partial charge is 0.254 e. The summed E-state index contributed by atoms with van der Waals surface area (Å²) in [6, 6.07) is 0. The van der Waals surface area contributed by atoms with Crippen LogP contribution in [0.1, 0.15) is 33.9 Å². The SMILES string of the molecule is Cc1csc([C@H](C)CNC(=O)c2cn[nH]c2)n1. The lowest BCUT2D eigenvalue weighted by Crippen LogP contribution is -2.27. The van der Waals surface area contributed by atoms with E-state index in [-0.39, 0.29) is 11.8 Å². The topological polar surface area (TPSA) is 70.7 Å². The van der Waals surface area contributed by atoms with Crippen LogP contribution in [0, 0.1) is 6.92 Å². The van der Waals surface area contributed by atoms with Crippen molar-refractivity contribution in [3.63, 3.8) is 0 Å². The monoisotopic (exact) mass is 250 g/mol. The minimum atomic E-state index is -0.112. The Bertz CT molecular complexity index is 491. The molecule has 0 saturated carbocycles. The summed E-state index contributed by atoms with van der Waals surface area (Å²) in [4.78, 5) is 16.1. The first-order valence-electron chi connectivity index (χ1n) is 5.36. The van der Waals surface area contributed by atoms with Crippen LogP contribution in [0.4, 0.5) is 0 Å². The highest BCUT2D eigenvalue weighted by molar-refractivity contribution is 7.09. The third-order valence-electron chi connectivity index (χ3n) is 2.39. The van der Waals surface area contributed by atoms with E-state index >= 15 is 0 Å². The summed E-state index contributed by atoms with van der Waals surface area (Å²) >= 11 is 1.63. The van der Waals surface area contributed by atoms with Gasteiger partial charge in [-0.05, 0) is 6.92 Å². The van der Waals surface area contributed by atoms with Crippen molar-refractivity contribution < 1.29 is 4.79 Å². The normalized spacial score (nSPS) is 12.4. The molecule has 17 heavy (non-hydrogen) atoms. The maximum absolute atomic E-state index is 11.7. The second-order valence-electron chi connectivity index (χ2n) is 3.93. The first kappa shape index (κ1) is 11.8. The van der Waals surface area contributed by atoms with Gasteiger partial charge in [0.15, 0.2) is 0 Å². The average Bonchev–Trinajstić information content (AvgIpc) is 2.95. The minimum absolute atomic E-state index is 0.112. The number of amides is 1. The highest BCUT2D eigenvalue weighted by atomic mass is 32.1. The van der Waals surface area contributed by atoms with Gasteiger partial charge in [-0.25, -0.2) is 4.98 Å². The summed E-state index contributed by atoms with van der Waals surface area (Å²) < 4.78 is 0. The molecule has 0 spiro atoms. The van der Waals surface area contributed by atoms with Crippen molar-refractivity contribution in [2.75, 3.05) is 6.54 Å². The molecule has 0 fully saturated rings. The maximum Gasteiger partial charge on any atom is 0.254 e. The number of aromatic amines is 1. The van der Waals surface area contributed by atoms with Gasteiger partial charge >= 0.3 is 0 Å². The number of rotatable bonds is 4. The van der Waals surface area contributed by atoms with E-state index in [1.165, 1.54) is 6.20 Å². The molecule has 0 unspecified atom stereocenters. The van der Waals surface area contributed by atoms with Crippen LogP contribution in [0.3, 0.4) is 0 Å². The van der Waals surface area contributed by atoms with E-state index in [1.54, 1.807) is 17.5 Å². The quantitative estimate of drug-likeness (QED) is 0.867. The van der Waals surface area contributed by atoms with Gasteiger partial charge in [0.1, 0.15) is 0 Å². The first-order valence-corrected chi connectivity index (χ1v) is 6.24. The van der Waals surface area contributed by atoms with Crippen molar-refractivity contribution in [2.45, 2.75) is 19.8 Å². The fourth-order valence-electron chi connectivity index (χ4n) is 1.41. The molecule has 0 bridgehead atoms.